The van der Waals surface area contributed by atoms with Crippen LogP contribution in [0.15, 0.2) is 108 Å². The maximum absolute atomic E-state index is 12.9. The van der Waals surface area contributed by atoms with Gasteiger partial charge in [-0.25, -0.2) is 0 Å². The minimum absolute atomic E-state index is 0.0468. The molecular formula is C26H19N3O2. The molecule has 5 aromatic rings. The SMILES string of the molecule is O=C(Cn1cnc(=O)c2cc(-c3ccccc3)n(-c3ccccc3)c21)c1ccccc1. The lowest BCUT2D eigenvalue weighted by atomic mass is 10.1. The molecular weight excluding hydrogens is 386 g/mol. The van der Waals surface area contributed by atoms with Crippen LogP contribution in [-0.4, -0.2) is 19.9 Å². The summed E-state index contributed by atoms with van der Waals surface area (Å²) < 4.78 is 3.78. The molecule has 0 unspecified atom stereocenters. The molecule has 5 rings (SSSR count). The number of para-hydroxylation sites is 1. The first kappa shape index (κ1) is 18.8. The third kappa shape index (κ3) is 3.46. The summed E-state index contributed by atoms with van der Waals surface area (Å²) >= 11 is 0. The van der Waals surface area contributed by atoms with Crippen LogP contribution in [-0.2, 0) is 6.54 Å². The van der Waals surface area contributed by atoms with E-state index < -0.39 is 0 Å². The third-order valence-electron chi connectivity index (χ3n) is 5.29. The van der Waals surface area contributed by atoms with E-state index in [-0.39, 0.29) is 17.9 Å². The van der Waals surface area contributed by atoms with Gasteiger partial charge in [0.25, 0.3) is 5.56 Å². The number of carbonyl (C=O) groups excluding carboxylic acids is 1. The number of carbonyl (C=O) groups is 1. The number of hydrogen-bond acceptors (Lipinski definition) is 3. The summed E-state index contributed by atoms with van der Waals surface area (Å²) in [5.41, 5.74) is 3.70. The fourth-order valence-electron chi connectivity index (χ4n) is 3.83. The van der Waals surface area contributed by atoms with Crippen molar-refractivity contribution in [2.24, 2.45) is 0 Å². The molecule has 0 fully saturated rings. The van der Waals surface area contributed by atoms with E-state index in [1.165, 1.54) is 6.33 Å². The molecule has 0 atom stereocenters. The van der Waals surface area contributed by atoms with Gasteiger partial charge in [0.15, 0.2) is 5.78 Å². The molecule has 0 N–H and O–H groups in total. The van der Waals surface area contributed by atoms with Crippen LogP contribution in [0.4, 0.5) is 0 Å². The molecule has 31 heavy (non-hydrogen) atoms. The van der Waals surface area contributed by atoms with E-state index in [0.717, 1.165) is 16.9 Å². The average molecular weight is 405 g/mol. The van der Waals surface area contributed by atoms with Crippen LogP contribution in [0.25, 0.3) is 28.0 Å². The van der Waals surface area contributed by atoms with E-state index in [0.29, 0.717) is 16.6 Å². The zero-order valence-corrected chi connectivity index (χ0v) is 16.7. The van der Waals surface area contributed by atoms with E-state index in [4.69, 9.17) is 0 Å². The minimum Gasteiger partial charge on any atom is -0.310 e. The van der Waals surface area contributed by atoms with Crippen LogP contribution in [0.1, 0.15) is 10.4 Å². The van der Waals surface area contributed by atoms with Crippen molar-refractivity contribution in [2.75, 3.05) is 0 Å². The fourth-order valence-corrected chi connectivity index (χ4v) is 3.83. The van der Waals surface area contributed by atoms with Gasteiger partial charge < -0.3 is 4.57 Å². The Bertz CT molecular complexity index is 1420. The lowest BCUT2D eigenvalue weighted by Gasteiger charge is -2.15. The van der Waals surface area contributed by atoms with Crippen LogP contribution < -0.4 is 5.56 Å². The molecule has 2 heterocycles. The number of nitrogens with zero attached hydrogens (tertiary/aromatic N) is 3. The molecule has 0 aliphatic heterocycles. The van der Waals surface area contributed by atoms with E-state index in [1.54, 1.807) is 16.7 Å². The molecule has 3 aromatic carbocycles. The smallest absolute Gasteiger partial charge is 0.282 e. The first-order valence-electron chi connectivity index (χ1n) is 10.0. The summed E-state index contributed by atoms with van der Waals surface area (Å²) in [6.45, 7) is 0.0822. The second-order valence-electron chi connectivity index (χ2n) is 7.27. The topological polar surface area (TPSA) is 56.9 Å². The minimum atomic E-state index is -0.315. The predicted octanol–water partition coefficient (Wildman–Crippen LogP) is 4.74. The predicted molar refractivity (Wildman–Crippen MR) is 122 cm³/mol. The van der Waals surface area contributed by atoms with Gasteiger partial charge in [-0.15, -0.1) is 0 Å². The highest BCUT2D eigenvalue weighted by atomic mass is 16.1. The van der Waals surface area contributed by atoms with Gasteiger partial charge in [-0.3, -0.25) is 14.2 Å². The second-order valence-corrected chi connectivity index (χ2v) is 7.27. The molecule has 0 aliphatic rings. The summed E-state index contributed by atoms with van der Waals surface area (Å²) in [4.78, 5) is 29.7. The molecule has 150 valence electrons. The van der Waals surface area contributed by atoms with Crippen molar-refractivity contribution in [3.8, 4) is 16.9 Å². The Morgan fingerprint density at radius 1 is 0.806 bits per heavy atom. The zero-order valence-electron chi connectivity index (χ0n) is 16.7. The van der Waals surface area contributed by atoms with Crippen molar-refractivity contribution in [3.05, 3.63) is 119 Å². The molecule has 5 heteroatoms. The molecule has 0 saturated carbocycles. The molecule has 0 spiro atoms. The van der Waals surface area contributed by atoms with Crippen LogP contribution in [0, 0.1) is 0 Å². The van der Waals surface area contributed by atoms with Gasteiger partial charge in [0.2, 0.25) is 0 Å². The highest BCUT2D eigenvalue weighted by Gasteiger charge is 2.19. The Morgan fingerprint density at radius 2 is 1.42 bits per heavy atom. The second kappa shape index (κ2) is 7.88. The molecule has 0 saturated heterocycles. The number of Topliss-reactive ketones (excluding diaryl/α,β-unsaturated/α-hetero) is 1. The van der Waals surface area contributed by atoms with Gasteiger partial charge in [-0.1, -0.05) is 78.9 Å². The van der Waals surface area contributed by atoms with Crippen molar-refractivity contribution < 1.29 is 4.79 Å². The lowest BCUT2D eigenvalue weighted by molar-refractivity contribution is 0.0972. The van der Waals surface area contributed by atoms with Crippen molar-refractivity contribution in [2.45, 2.75) is 6.54 Å². The number of fused-ring (bicyclic) bond motifs is 1. The summed E-state index contributed by atoms with van der Waals surface area (Å²) in [6.07, 6.45) is 1.46. The highest BCUT2D eigenvalue weighted by molar-refractivity contribution is 5.97. The van der Waals surface area contributed by atoms with Crippen molar-refractivity contribution in [1.82, 2.24) is 14.1 Å². The maximum Gasteiger partial charge on any atom is 0.282 e. The van der Waals surface area contributed by atoms with E-state index in [2.05, 4.69) is 4.98 Å². The number of aromatic nitrogens is 3. The Morgan fingerprint density at radius 3 is 2.10 bits per heavy atom. The van der Waals surface area contributed by atoms with Crippen molar-refractivity contribution in [1.29, 1.82) is 0 Å². The van der Waals surface area contributed by atoms with Crippen LogP contribution in [0.2, 0.25) is 0 Å². The van der Waals surface area contributed by atoms with Crippen LogP contribution in [0.5, 0.6) is 0 Å². The number of hydrogen-bond donors (Lipinski definition) is 0. The quantitative estimate of drug-likeness (QED) is 0.397. The van der Waals surface area contributed by atoms with Crippen LogP contribution in [0.3, 0.4) is 0 Å². The molecule has 2 aromatic heterocycles. The lowest BCUT2D eigenvalue weighted by Crippen LogP contribution is -2.18. The van der Waals surface area contributed by atoms with Gasteiger partial charge in [-0.05, 0) is 23.8 Å². The van der Waals surface area contributed by atoms with Crippen LogP contribution >= 0.6 is 0 Å². The van der Waals surface area contributed by atoms with Gasteiger partial charge >= 0.3 is 0 Å². The third-order valence-corrected chi connectivity index (χ3v) is 5.29. The van der Waals surface area contributed by atoms with Crippen molar-refractivity contribution >= 4 is 16.8 Å². The Balaban J connectivity index is 1.77. The molecule has 0 radical (unpaired) electrons. The zero-order chi connectivity index (χ0) is 21.2. The Kier molecular flexibility index (Phi) is 4.77. The average Bonchev–Trinajstić information content (AvgIpc) is 3.24. The normalized spacial score (nSPS) is 11.0. The number of rotatable bonds is 5. The van der Waals surface area contributed by atoms with Gasteiger partial charge in [0, 0.05) is 11.3 Å². The van der Waals surface area contributed by atoms with Gasteiger partial charge in [0.1, 0.15) is 12.0 Å². The van der Waals surface area contributed by atoms with E-state index in [9.17, 15) is 9.59 Å². The molecule has 0 amide bonds. The highest BCUT2D eigenvalue weighted by Crippen LogP contribution is 2.30. The largest absolute Gasteiger partial charge is 0.310 e. The summed E-state index contributed by atoms with van der Waals surface area (Å²) in [5, 5.41) is 0.478. The first-order valence-corrected chi connectivity index (χ1v) is 10.0. The van der Waals surface area contributed by atoms with Gasteiger partial charge in [0.05, 0.1) is 17.6 Å². The molecule has 5 nitrogen and oxygen atoms in total. The monoisotopic (exact) mass is 405 g/mol. The fraction of sp³-hybridized carbons (Fsp3) is 0.0385. The maximum atomic E-state index is 12.9. The summed E-state index contributed by atoms with van der Waals surface area (Å²) in [5.74, 6) is -0.0468. The van der Waals surface area contributed by atoms with E-state index >= 15 is 0 Å². The molecule has 0 aliphatic carbocycles. The number of benzene rings is 3. The standard InChI is InChI=1S/C26H19N3O2/c30-24(20-12-6-2-7-13-20)17-28-18-27-25(31)22-16-23(19-10-4-1-5-11-19)29(26(22)28)21-14-8-3-9-15-21/h1-16,18H,17H2. The van der Waals surface area contributed by atoms with Crippen molar-refractivity contribution in [3.63, 3.8) is 0 Å². The Hall–Kier alpha value is -4.25. The van der Waals surface area contributed by atoms with E-state index in [1.807, 2.05) is 89.5 Å². The summed E-state index contributed by atoms with van der Waals surface area (Å²) in [7, 11) is 0. The summed E-state index contributed by atoms with van der Waals surface area (Å²) in [6, 6.07) is 30.7. The van der Waals surface area contributed by atoms with Gasteiger partial charge in [-0.2, -0.15) is 4.98 Å². The number of ketones is 1. The Labute approximate surface area is 178 Å². The molecule has 0 bridgehead atoms. The first-order chi connectivity index (χ1) is 15.2.